The number of ether oxygens (including phenoxy) is 1. The number of amides is 3. The van der Waals surface area contributed by atoms with Crippen LogP contribution in [0.3, 0.4) is 0 Å². The van der Waals surface area contributed by atoms with Gasteiger partial charge in [0, 0.05) is 0 Å². The third-order valence-electron chi connectivity index (χ3n) is 4.68. The highest BCUT2D eigenvalue weighted by molar-refractivity contribution is 6.44. The van der Waals surface area contributed by atoms with E-state index in [1.165, 1.54) is 12.1 Å². The third kappa shape index (κ3) is 4.89. The van der Waals surface area contributed by atoms with E-state index in [0.717, 1.165) is 4.90 Å². The van der Waals surface area contributed by atoms with Crippen molar-refractivity contribution >= 4 is 52.6 Å². The van der Waals surface area contributed by atoms with E-state index < -0.39 is 36.3 Å². The molecule has 31 heavy (non-hydrogen) atoms. The molecule has 2 aromatic carbocycles. The van der Waals surface area contributed by atoms with Gasteiger partial charge in [-0.15, -0.1) is 0 Å². The first-order chi connectivity index (χ1) is 14.7. The third-order valence-corrected chi connectivity index (χ3v) is 5.49. The maximum absolute atomic E-state index is 12.8. The first kappa shape index (κ1) is 22.8. The molecule has 9 heteroatoms. The largest absolute Gasteiger partial charge is 0.454 e. The molecule has 1 aliphatic rings. The SMILES string of the molecule is CC(C)CC(C(=O)OCC(=O)Nc1cccc(Cl)c1Cl)N1C(=O)c2ccccc2C1=O. The van der Waals surface area contributed by atoms with Crippen LogP contribution in [0.1, 0.15) is 41.0 Å². The summed E-state index contributed by atoms with van der Waals surface area (Å²) < 4.78 is 5.14. The number of hydrogen-bond acceptors (Lipinski definition) is 5. The first-order valence-electron chi connectivity index (χ1n) is 9.58. The highest BCUT2D eigenvalue weighted by Crippen LogP contribution is 2.30. The molecule has 0 radical (unpaired) electrons. The van der Waals surface area contributed by atoms with Crippen LogP contribution in [0, 0.1) is 5.92 Å². The van der Waals surface area contributed by atoms with Crippen molar-refractivity contribution < 1.29 is 23.9 Å². The minimum absolute atomic E-state index is 0.0130. The number of carbonyl (C=O) groups excluding carboxylic acids is 4. The van der Waals surface area contributed by atoms with Gasteiger partial charge < -0.3 is 10.1 Å². The number of hydrogen-bond donors (Lipinski definition) is 1. The van der Waals surface area contributed by atoms with Crippen molar-refractivity contribution in [1.82, 2.24) is 4.90 Å². The number of carbonyl (C=O) groups is 4. The van der Waals surface area contributed by atoms with Crippen molar-refractivity contribution in [2.75, 3.05) is 11.9 Å². The molecule has 1 aliphatic heterocycles. The summed E-state index contributed by atoms with van der Waals surface area (Å²) in [4.78, 5) is 51.5. The topological polar surface area (TPSA) is 92.8 Å². The lowest BCUT2D eigenvalue weighted by molar-refractivity contribution is -0.151. The Labute approximate surface area is 189 Å². The van der Waals surface area contributed by atoms with Gasteiger partial charge in [0.2, 0.25) is 0 Å². The van der Waals surface area contributed by atoms with Gasteiger partial charge in [-0.1, -0.05) is 55.2 Å². The summed E-state index contributed by atoms with van der Waals surface area (Å²) in [6.45, 7) is 3.10. The van der Waals surface area contributed by atoms with Gasteiger partial charge in [0.15, 0.2) is 6.61 Å². The molecule has 2 aromatic rings. The maximum Gasteiger partial charge on any atom is 0.329 e. The van der Waals surface area contributed by atoms with Crippen LogP contribution in [0.4, 0.5) is 5.69 Å². The van der Waals surface area contributed by atoms with Crippen LogP contribution in [0.25, 0.3) is 0 Å². The molecule has 0 aromatic heterocycles. The predicted octanol–water partition coefficient (Wildman–Crippen LogP) is 4.19. The molecule has 1 unspecified atom stereocenters. The van der Waals surface area contributed by atoms with E-state index in [-0.39, 0.29) is 39.2 Å². The summed E-state index contributed by atoms with van der Waals surface area (Å²) in [5.41, 5.74) is 0.749. The van der Waals surface area contributed by atoms with Gasteiger partial charge in [0.05, 0.1) is 26.9 Å². The lowest BCUT2D eigenvalue weighted by Gasteiger charge is -2.25. The number of nitrogens with zero attached hydrogens (tertiary/aromatic N) is 1. The van der Waals surface area contributed by atoms with Gasteiger partial charge in [0.1, 0.15) is 6.04 Å². The fourth-order valence-electron chi connectivity index (χ4n) is 3.26. The summed E-state index contributed by atoms with van der Waals surface area (Å²) in [5.74, 6) is -2.60. The first-order valence-corrected chi connectivity index (χ1v) is 10.3. The second kappa shape index (κ2) is 9.49. The van der Waals surface area contributed by atoms with E-state index in [1.807, 2.05) is 13.8 Å². The number of nitrogens with one attached hydrogen (secondary N) is 1. The van der Waals surface area contributed by atoms with Crippen molar-refractivity contribution in [1.29, 1.82) is 0 Å². The molecule has 1 atom stereocenters. The molecule has 1 heterocycles. The van der Waals surface area contributed by atoms with E-state index in [4.69, 9.17) is 27.9 Å². The second-order valence-corrected chi connectivity index (χ2v) is 8.21. The quantitative estimate of drug-likeness (QED) is 0.491. The van der Waals surface area contributed by atoms with E-state index in [2.05, 4.69) is 5.32 Å². The molecular formula is C22H20Cl2N2O5. The van der Waals surface area contributed by atoms with Crippen LogP contribution in [-0.4, -0.2) is 41.2 Å². The van der Waals surface area contributed by atoms with Gasteiger partial charge in [-0.05, 0) is 36.6 Å². The Morgan fingerprint density at radius 1 is 1.00 bits per heavy atom. The number of halogens is 2. The molecule has 7 nitrogen and oxygen atoms in total. The lowest BCUT2D eigenvalue weighted by atomic mass is 10.0. The fourth-order valence-corrected chi connectivity index (χ4v) is 3.61. The Morgan fingerprint density at radius 2 is 1.61 bits per heavy atom. The monoisotopic (exact) mass is 462 g/mol. The standard InChI is InChI=1S/C22H20Cl2N2O5/c1-12(2)10-17(26-20(28)13-6-3-4-7-14(13)21(26)29)22(30)31-11-18(27)25-16-9-5-8-15(23)19(16)24/h3-9,12,17H,10-11H2,1-2H3,(H,25,27). The molecule has 3 rings (SSSR count). The lowest BCUT2D eigenvalue weighted by Crippen LogP contribution is -2.46. The molecule has 0 saturated carbocycles. The van der Waals surface area contributed by atoms with Crippen LogP contribution in [0.2, 0.25) is 10.0 Å². The average molecular weight is 463 g/mol. The fraction of sp³-hybridized carbons (Fsp3) is 0.273. The molecule has 0 bridgehead atoms. The average Bonchev–Trinajstić information content (AvgIpc) is 2.98. The number of imide groups is 1. The molecule has 0 fully saturated rings. The summed E-state index contributed by atoms with van der Waals surface area (Å²) in [6.07, 6.45) is 0.200. The molecular weight excluding hydrogens is 443 g/mol. The summed E-state index contributed by atoms with van der Waals surface area (Å²) in [5, 5.41) is 2.93. The molecule has 1 N–H and O–H groups in total. The van der Waals surface area contributed by atoms with E-state index in [1.54, 1.807) is 30.3 Å². The van der Waals surface area contributed by atoms with Gasteiger partial charge >= 0.3 is 5.97 Å². The summed E-state index contributed by atoms with van der Waals surface area (Å²) >= 11 is 11.9. The number of anilines is 1. The van der Waals surface area contributed by atoms with Crippen molar-refractivity contribution in [2.45, 2.75) is 26.3 Å². The van der Waals surface area contributed by atoms with Gasteiger partial charge in [-0.25, -0.2) is 4.79 Å². The molecule has 0 spiro atoms. The molecule has 3 amide bonds. The van der Waals surface area contributed by atoms with E-state index >= 15 is 0 Å². The maximum atomic E-state index is 12.8. The molecule has 0 saturated heterocycles. The smallest absolute Gasteiger partial charge is 0.329 e. The number of esters is 1. The van der Waals surface area contributed by atoms with Gasteiger partial charge in [-0.2, -0.15) is 0 Å². The minimum Gasteiger partial charge on any atom is -0.454 e. The molecule has 0 aliphatic carbocycles. The Kier molecular flexibility index (Phi) is 6.97. The van der Waals surface area contributed by atoms with Gasteiger partial charge in [-0.3, -0.25) is 19.3 Å². The van der Waals surface area contributed by atoms with Crippen molar-refractivity contribution in [3.8, 4) is 0 Å². The Hall–Kier alpha value is -2.90. The number of rotatable bonds is 7. The molecule has 162 valence electrons. The zero-order valence-electron chi connectivity index (χ0n) is 16.9. The van der Waals surface area contributed by atoms with Crippen molar-refractivity contribution in [3.05, 3.63) is 63.6 Å². The number of fused-ring (bicyclic) bond motifs is 1. The minimum atomic E-state index is -1.14. The number of benzene rings is 2. The Bertz CT molecular complexity index is 1020. The van der Waals surface area contributed by atoms with Crippen molar-refractivity contribution in [2.24, 2.45) is 5.92 Å². The van der Waals surface area contributed by atoms with Gasteiger partial charge in [0.25, 0.3) is 17.7 Å². The highest BCUT2D eigenvalue weighted by atomic mass is 35.5. The normalized spacial score (nSPS) is 13.9. The zero-order valence-corrected chi connectivity index (χ0v) is 18.4. The zero-order chi connectivity index (χ0) is 22.7. The van der Waals surface area contributed by atoms with Crippen LogP contribution >= 0.6 is 23.2 Å². The summed E-state index contributed by atoms with van der Waals surface area (Å²) in [7, 11) is 0. The second-order valence-electron chi connectivity index (χ2n) is 7.43. The van der Waals surface area contributed by atoms with E-state index in [0.29, 0.717) is 0 Å². The highest BCUT2D eigenvalue weighted by Gasteiger charge is 2.43. The predicted molar refractivity (Wildman–Crippen MR) is 116 cm³/mol. The Morgan fingerprint density at radius 3 is 2.19 bits per heavy atom. The van der Waals surface area contributed by atoms with E-state index in [9.17, 15) is 19.2 Å². The van der Waals surface area contributed by atoms with Crippen LogP contribution < -0.4 is 5.32 Å². The summed E-state index contributed by atoms with van der Waals surface area (Å²) in [6, 6.07) is 9.95. The van der Waals surface area contributed by atoms with Crippen molar-refractivity contribution in [3.63, 3.8) is 0 Å². The van der Waals surface area contributed by atoms with Crippen LogP contribution in [-0.2, 0) is 14.3 Å². The van der Waals surface area contributed by atoms with Crippen LogP contribution in [0.15, 0.2) is 42.5 Å². The van der Waals surface area contributed by atoms with Crippen LogP contribution in [0.5, 0.6) is 0 Å². The Balaban J connectivity index is 1.71.